The summed E-state index contributed by atoms with van der Waals surface area (Å²) in [6.07, 6.45) is 2.81. The van der Waals surface area contributed by atoms with Crippen molar-refractivity contribution < 1.29 is 13.9 Å². The Bertz CT molecular complexity index is 488. The van der Waals surface area contributed by atoms with Gasteiger partial charge in [-0.05, 0) is 44.0 Å². The molecule has 0 unspecified atom stereocenters. The van der Waals surface area contributed by atoms with Gasteiger partial charge in [-0.25, -0.2) is 4.39 Å². The Labute approximate surface area is 124 Å². The van der Waals surface area contributed by atoms with Gasteiger partial charge >= 0.3 is 0 Å². The molecule has 1 aliphatic heterocycles. The number of primary amides is 1. The van der Waals surface area contributed by atoms with Gasteiger partial charge in [0.05, 0.1) is 11.8 Å². The lowest BCUT2D eigenvalue weighted by atomic mass is 10.1. The molecule has 0 aromatic heterocycles. The highest BCUT2D eigenvalue weighted by atomic mass is 19.1. The molecule has 21 heavy (non-hydrogen) atoms. The molecule has 1 aliphatic rings. The Kier molecular flexibility index (Phi) is 5.52. The molecule has 0 spiro atoms. The molecule has 2 rings (SSSR count). The van der Waals surface area contributed by atoms with Crippen LogP contribution in [-0.2, 0) is 4.74 Å². The molecule has 6 heteroatoms. The SMILES string of the molecule is NCCCOC1CCN(c2ccc(C(N)=O)cc2F)CC1. The quantitative estimate of drug-likeness (QED) is 0.774. The van der Waals surface area contributed by atoms with E-state index in [2.05, 4.69) is 0 Å². The summed E-state index contributed by atoms with van der Waals surface area (Å²) in [5.41, 5.74) is 11.3. The average molecular weight is 295 g/mol. The van der Waals surface area contributed by atoms with E-state index in [4.69, 9.17) is 16.2 Å². The number of rotatable bonds is 6. The van der Waals surface area contributed by atoms with Gasteiger partial charge in [-0.3, -0.25) is 4.79 Å². The number of hydrogen-bond donors (Lipinski definition) is 2. The molecule has 116 valence electrons. The summed E-state index contributed by atoms with van der Waals surface area (Å²) in [6, 6.07) is 4.37. The van der Waals surface area contributed by atoms with E-state index in [1.165, 1.54) is 6.07 Å². The van der Waals surface area contributed by atoms with Gasteiger partial charge in [0.15, 0.2) is 0 Å². The Morgan fingerprint density at radius 1 is 1.38 bits per heavy atom. The maximum absolute atomic E-state index is 14.0. The minimum absolute atomic E-state index is 0.191. The second-order valence-corrected chi connectivity index (χ2v) is 5.23. The third-order valence-corrected chi connectivity index (χ3v) is 3.72. The monoisotopic (exact) mass is 295 g/mol. The number of halogens is 1. The van der Waals surface area contributed by atoms with Crippen molar-refractivity contribution in [2.75, 3.05) is 31.1 Å². The summed E-state index contributed by atoms with van der Waals surface area (Å²) < 4.78 is 19.8. The van der Waals surface area contributed by atoms with Crippen molar-refractivity contribution in [3.05, 3.63) is 29.6 Å². The molecular weight excluding hydrogens is 273 g/mol. The molecule has 0 saturated carbocycles. The number of amides is 1. The zero-order valence-electron chi connectivity index (χ0n) is 12.1. The Morgan fingerprint density at radius 2 is 2.10 bits per heavy atom. The van der Waals surface area contributed by atoms with Crippen LogP contribution in [0.2, 0.25) is 0 Å². The average Bonchev–Trinajstić information content (AvgIpc) is 2.48. The summed E-state index contributed by atoms with van der Waals surface area (Å²) in [5, 5.41) is 0. The van der Waals surface area contributed by atoms with Gasteiger partial charge in [-0.15, -0.1) is 0 Å². The van der Waals surface area contributed by atoms with Gasteiger partial charge in [0, 0.05) is 25.3 Å². The molecule has 0 atom stereocenters. The number of anilines is 1. The van der Waals surface area contributed by atoms with Crippen molar-refractivity contribution in [2.24, 2.45) is 11.5 Å². The standard InChI is InChI=1S/C15H22FN3O2/c16-13-10-11(15(18)20)2-3-14(13)19-7-4-12(5-8-19)21-9-1-6-17/h2-3,10,12H,1,4-9,17H2,(H2,18,20). The maximum atomic E-state index is 14.0. The fraction of sp³-hybridized carbons (Fsp3) is 0.533. The van der Waals surface area contributed by atoms with Crippen LogP contribution in [0.3, 0.4) is 0 Å². The van der Waals surface area contributed by atoms with Crippen molar-refractivity contribution in [3.8, 4) is 0 Å². The molecule has 1 aromatic rings. The molecule has 1 aromatic carbocycles. The number of carbonyl (C=O) groups is 1. The van der Waals surface area contributed by atoms with Gasteiger partial charge in [-0.2, -0.15) is 0 Å². The predicted octanol–water partition coefficient (Wildman–Crippen LogP) is 1.26. The van der Waals surface area contributed by atoms with Crippen molar-refractivity contribution >= 4 is 11.6 Å². The third kappa shape index (κ3) is 4.15. The highest BCUT2D eigenvalue weighted by Gasteiger charge is 2.22. The van der Waals surface area contributed by atoms with Crippen LogP contribution in [0.15, 0.2) is 18.2 Å². The van der Waals surface area contributed by atoms with Gasteiger partial charge in [0.2, 0.25) is 5.91 Å². The fourth-order valence-electron chi connectivity index (χ4n) is 2.51. The molecule has 1 heterocycles. The number of nitrogens with two attached hydrogens (primary N) is 2. The fourth-order valence-corrected chi connectivity index (χ4v) is 2.51. The summed E-state index contributed by atoms with van der Waals surface area (Å²) in [4.78, 5) is 13.0. The Balaban J connectivity index is 1.91. The van der Waals surface area contributed by atoms with E-state index in [-0.39, 0.29) is 11.7 Å². The molecule has 1 saturated heterocycles. The number of nitrogens with zero attached hydrogens (tertiary/aromatic N) is 1. The van der Waals surface area contributed by atoms with Crippen LogP contribution in [0.5, 0.6) is 0 Å². The van der Waals surface area contributed by atoms with E-state index in [1.54, 1.807) is 12.1 Å². The highest BCUT2D eigenvalue weighted by molar-refractivity contribution is 5.93. The molecule has 0 radical (unpaired) electrons. The molecular formula is C15H22FN3O2. The van der Waals surface area contributed by atoms with E-state index in [1.807, 2.05) is 4.90 Å². The first kappa shape index (κ1) is 15.7. The zero-order chi connectivity index (χ0) is 15.2. The molecule has 4 N–H and O–H groups in total. The number of ether oxygens (including phenoxy) is 1. The lowest BCUT2D eigenvalue weighted by Gasteiger charge is -2.33. The van der Waals surface area contributed by atoms with Crippen molar-refractivity contribution in [1.29, 1.82) is 0 Å². The Hall–Kier alpha value is -1.66. The summed E-state index contributed by atoms with van der Waals surface area (Å²) in [6.45, 7) is 2.79. The van der Waals surface area contributed by atoms with Crippen molar-refractivity contribution in [1.82, 2.24) is 0 Å². The minimum Gasteiger partial charge on any atom is -0.378 e. The van der Waals surface area contributed by atoms with E-state index >= 15 is 0 Å². The number of carbonyl (C=O) groups excluding carboxylic acids is 1. The van der Waals surface area contributed by atoms with Crippen LogP contribution in [0.1, 0.15) is 29.6 Å². The number of benzene rings is 1. The molecule has 1 amide bonds. The van der Waals surface area contributed by atoms with E-state index in [9.17, 15) is 9.18 Å². The van der Waals surface area contributed by atoms with E-state index in [0.29, 0.717) is 18.8 Å². The normalized spacial score (nSPS) is 16.2. The first-order valence-corrected chi connectivity index (χ1v) is 7.27. The van der Waals surface area contributed by atoms with Crippen LogP contribution < -0.4 is 16.4 Å². The maximum Gasteiger partial charge on any atom is 0.248 e. The zero-order valence-corrected chi connectivity index (χ0v) is 12.1. The first-order valence-electron chi connectivity index (χ1n) is 7.27. The number of hydrogen-bond acceptors (Lipinski definition) is 4. The summed E-state index contributed by atoms with van der Waals surface area (Å²) in [5.74, 6) is -1.03. The summed E-state index contributed by atoms with van der Waals surface area (Å²) >= 11 is 0. The summed E-state index contributed by atoms with van der Waals surface area (Å²) in [7, 11) is 0. The second kappa shape index (κ2) is 7.38. The van der Waals surface area contributed by atoms with Crippen LogP contribution in [-0.4, -0.2) is 38.3 Å². The van der Waals surface area contributed by atoms with Gasteiger partial charge in [-0.1, -0.05) is 0 Å². The van der Waals surface area contributed by atoms with Gasteiger partial charge in [0.25, 0.3) is 0 Å². The lowest BCUT2D eigenvalue weighted by molar-refractivity contribution is 0.0365. The van der Waals surface area contributed by atoms with Crippen LogP contribution >= 0.6 is 0 Å². The second-order valence-electron chi connectivity index (χ2n) is 5.23. The highest BCUT2D eigenvalue weighted by Crippen LogP contribution is 2.25. The molecule has 0 aliphatic carbocycles. The molecule has 1 fully saturated rings. The molecule has 5 nitrogen and oxygen atoms in total. The van der Waals surface area contributed by atoms with Gasteiger partial charge in [0.1, 0.15) is 5.82 Å². The lowest BCUT2D eigenvalue weighted by Crippen LogP contribution is -2.37. The van der Waals surface area contributed by atoms with Crippen LogP contribution in [0.4, 0.5) is 10.1 Å². The number of piperidine rings is 1. The van der Waals surface area contributed by atoms with E-state index < -0.39 is 11.7 Å². The van der Waals surface area contributed by atoms with Crippen LogP contribution in [0.25, 0.3) is 0 Å². The first-order chi connectivity index (χ1) is 10.1. The van der Waals surface area contributed by atoms with E-state index in [0.717, 1.165) is 32.4 Å². The third-order valence-electron chi connectivity index (χ3n) is 3.72. The predicted molar refractivity (Wildman–Crippen MR) is 79.8 cm³/mol. The smallest absolute Gasteiger partial charge is 0.248 e. The largest absolute Gasteiger partial charge is 0.378 e. The van der Waals surface area contributed by atoms with Gasteiger partial charge < -0.3 is 21.1 Å². The van der Waals surface area contributed by atoms with Crippen LogP contribution in [0, 0.1) is 5.82 Å². The van der Waals surface area contributed by atoms with Crippen molar-refractivity contribution in [2.45, 2.75) is 25.4 Å². The Morgan fingerprint density at radius 3 is 2.67 bits per heavy atom. The molecule has 0 bridgehead atoms. The minimum atomic E-state index is -0.618. The van der Waals surface area contributed by atoms with Crippen molar-refractivity contribution in [3.63, 3.8) is 0 Å². The topological polar surface area (TPSA) is 81.6 Å².